The Bertz CT molecular complexity index is 724. The summed E-state index contributed by atoms with van der Waals surface area (Å²) in [4.78, 5) is 0. The van der Waals surface area contributed by atoms with Crippen LogP contribution in [0.25, 0.3) is 5.57 Å². The van der Waals surface area contributed by atoms with Crippen molar-refractivity contribution < 1.29 is 14.2 Å². The molecule has 1 saturated heterocycles. The summed E-state index contributed by atoms with van der Waals surface area (Å²) in [6.45, 7) is 2.43. The molecule has 22 heavy (non-hydrogen) atoms. The molecule has 1 atom stereocenters. The number of hydrogen-bond acceptors (Lipinski definition) is 2. The van der Waals surface area contributed by atoms with Gasteiger partial charge in [-0.25, -0.2) is 4.39 Å². The second-order valence-electron chi connectivity index (χ2n) is 5.47. The summed E-state index contributed by atoms with van der Waals surface area (Å²) in [6, 6.07) is 13.4. The van der Waals surface area contributed by atoms with E-state index in [0.717, 1.165) is 16.7 Å². The molecule has 114 valence electrons. The van der Waals surface area contributed by atoms with E-state index < -0.39 is 5.60 Å². The van der Waals surface area contributed by atoms with Gasteiger partial charge in [-0.3, -0.25) is 0 Å². The Kier molecular flexibility index (Phi) is 4.04. The predicted molar refractivity (Wildman–Crippen MR) is 85.2 cm³/mol. The van der Waals surface area contributed by atoms with Crippen LogP contribution < -0.4 is 0 Å². The first-order valence-electron chi connectivity index (χ1n) is 7.03. The van der Waals surface area contributed by atoms with Gasteiger partial charge in [0.15, 0.2) is 0 Å². The normalized spacial score (nSPS) is 23.6. The average Bonchev–Trinajstić information content (AvgIpc) is 2.90. The maximum absolute atomic E-state index is 13.1. The molecule has 1 N–H and O–H groups in total. The lowest BCUT2D eigenvalue weighted by Crippen LogP contribution is -2.28. The third-order valence-corrected chi connectivity index (χ3v) is 4.32. The first-order valence-corrected chi connectivity index (χ1v) is 7.41. The van der Waals surface area contributed by atoms with Gasteiger partial charge in [-0.15, -0.1) is 0 Å². The number of benzene rings is 2. The molecule has 2 aromatic rings. The van der Waals surface area contributed by atoms with Gasteiger partial charge in [0, 0.05) is 5.02 Å². The van der Waals surface area contributed by atoms with Crippen LogP contribution in [0.3, 0.4) is 0 Å². The molecule has 1 heterocycles. The van der Waals surface area contributed by atoms with E-state index in [1.54, 1.807) is 30.3 Å². The lowest BCUT2D eigenvalue weighted by atomic mass is 9.84. The summed E-state index contributed by atoms with van der Waals surface area (Å²) in [7, 11) is 0. The average molecular weight is 319 g/mol. The van der Waals surface area contributed by atoms with Crippen molar-refractivity contribution in [3.8, 4) is 0 Å². The Morgan fingerprint density at radius 1 is 1.23 bits per heavy atom. The quantitative estimate of drug-likeness (QED) is 0.900. The van der Waals surface area contributed by atoms with Gasteiger partial charge in [0.05, 0.1) is 13.2 Å². The molecule has 2 aromatic carbocycles. The van der Waals surface area contributed by atoms with E-state index in [0.29, 0.717) is 17.2 Å². The number of halogens is 2. The van der Waals surface area contributed by atoms with Crippen LogP contribution in [0.15, 0.2) is 54.1 Å². The first kappa shape index (κ1) is 15.2. The molecule has 0 spiro atoms. The van der Waals surface area contributed by atoms with Crippen molar-refractivity contribution in [3.05, 3.63) is 76.1 Å². The van der Waals surface area contributed by atoms with Crippen molar-refractivity contribution in [2.45, 2.75) is 12.5 Å². The zero-order valence-electron chi connectivity index (χ0n) is 12.1. The monoisotopic (exact) mass is 318 g/mol. The minimum atomic E-state index is -1.20. The number of hydrogen-bond donors (Lipinski definition) is 1. The van der Waals surface area contributed by atoms with Crippen LogP contribution in [0.2, 0.25) is 5.02 Å². The molecule has 0 bridgehead atoms. The molecular weight excluding hydrogens is 303 g/mol. The minimum Gasteiger partial charge on any atom is -0.378 e. The second-order valence-corrected chi connectivity index (χ2v) is 5.91. The standard InChI is InChI=1S/C18H16ClFO2/c1-12(13-5-7-16(20)8-6-13)17-10-22-11-18(17,21)14-3-2-4-15(19)9-14/h2-9,21H,10-11H2,1H3/b17-12-/t18-/m0/s1. The van der Waals surface area contributed by atoms with Crippen molar-refractivity contribution in [3.63, 3.8) is 0 Å². The molecule has 1 fully saturated rings. The zero-order valence-corrected chi connectivity index (χ0v) is 12.9. The maximum Gasteiger partial charge on any atom is 0.137 e. The summed E-state index contributed by atoms with van der Waals surface area (Å²) in [5.41, 5.74) is 2.03. The van der Waals surface area contributed by atoms with Crippen LogP contribution in [0.1, 0.15) is 18.1 Å². The lowest BCUT2D eigenvalue weighted by Gasteiger charge is -2.25. The Balaban J connectivity index is 2.08. The van der Waals surface area contributed by atoms with E-state index in [1.165, 1.54) is 12.1 Å². The second kappa shape index (κ2) is 5.84. The van der Waals surface area contributed by atoms with Crippen LogP contribution in [0.5, 0.6) is 0 Å². The largest absolute Gasteiger partial charge is 0.378 e. The van der Waals surface area contributed by atoms with Gasteiger partial charge in [0.2, 0.25) is 0 Å². The van der Waals surface area contributed by atoms with E-state index in [-0.39, 0.29) is 12.4 Å². The van der Waals surface area contributed by atoms with E-state index in [1.807, 2.05) is 13.0 Å². The number of aliphatic hydroxyl groups is 1. The summed E-state index contributed by atoms with van der Waals surface area (Å²) in [5, 5.41) is 11.7. The van der Waals surface area contributed by atoms with Crippen molar-refractivity contribution in [2.75, 3.05) is 13.2 Å². The molecule has 3 rings (SSSR count). The molecule has 0 saturated carbocycles. The summed E-state index contributed by atoms with van der Waals surface area (Å²) >= 11 is 6.04. The molecule has 0 amide bonds. The summed E-state index contributed by atoms with van der Waals surface area (Å²) in [5.74, 6) is -0.283. The van der Waals surface area contributed by atoms with Crippen LogP contribution >= 0.6 is 11.6 Å². The van der Waals surface area contributed by atoms with Gasteiger partial charge in [-0.1, -0.05) is 35.9 Å². The third-order valence-electron chi connectivity index (χ3n) is 4.09. The van der Waals surface area contributed by atoms with Gasteiger partial charge < -0.3 is 9.84 Å². The molecule has 2 nitrogen and oxygen atoms in total. The molecule has 1 aliphatic heterocycles. The maximum atomic E-state index is 13.1. The summed E-state index contributed by atoms with van der Waals surface area (Å²) < 4.78 is 18.6. The minimum absolute atomic E-state index is 0.182. The molecule has 0 aliphatic carbocycles. The van der Waals surface area contributed by atoms with E-state index in [2.05, 4.69) is 0 Å². The van der Waals surface area contributed by atoms with Gasteiger partial charge in [-0.2, -0.15) is 0 Å². The van der Waals surface area contributed by atoms with Crippen molar-refractivity contribution in [2.24, 2.45) is 0 Å². The van der Waals surface area contributed by atoms with Gasteiger partial charge in [0.1, 0.15) is 11.4 Å². The van der Waals surface area contributed by atoms with Crippen LogP contribution in [0.4, 0.5) is 4.39 Å². The SMILES string of the molecule is C/C(=C1\COC[C@]1(O)c1cccc(Cl)c1)c1ccc(F)cc1. The Labute approximate surface area is 133 Å². The van der Waals surface area contributed by atoms with Crippen molar-refractivity contribution >= 4 is 17.2 Å². The zero-order chi connectivity index (χ0) is 15.7. The number of allylic oxidation sites excluding steroid dienone is 1. The molecule has 0 aromatic heterocycles. The first-order chi connectivity index (χ1) is 10.5. The highest BCUT2D eigenvalue weighted by Crippen LogP contribution is 2.40. The fraction of sp³-hybridized carbons (Fsp3) is 0.222. The van der Waals surface area contributed by atoms with E-state index in [9.17, 15) is 9.50 Å². The van der Waals surface area contributed by atoms with Gasteiger partial charge >= 0.3 is 0 Å². The molecular formula is C18H16ClFO2. The smallest absolute Gasteiger partial charge is 0.137 e. The highest BCUT2D eigenvalue weighted by molar-refractivity contribution is 6.30. The summed E-state index contributed by atoms with van der Waals surface area (Å²) in [6.07, 6.45) is 0. The fourth-order valence-corrected chi connectivity index (χ4v) is 2.99. The van der Waals surface area contributed by atoms with E-state index in [4.69, 9.17) is 16.3 Å². The lowest BCUT2D eigenvalue weighted by molar-refractivity contribution is 0.0401. The van der Waals surface area contributed by atoms with Crippen LogP contribution in [-0.2, 0) is 10.3 Å². The van der Waals surface area contributed by atoms with E-state index >= 15 is 0 Å². The Morgan fingerprint density at radius 3 is 2.64 bits per heavy atom. The molecule has 4 heteroatoms. The molecule has 0 unspecified atom stereocenters. The fourth-order valence-electron chi connectivity index (χ4n) is 2.80. The number of ether oxygens (including phenoxy) is 1. The topological polar surface area (TPSA) is 29.5 Å². The third kappa shape index (κ3) is 2.68. The van der Waals surface area contributed by atoms with Crippen LogP contribution in [0, 0.1) is 5.82 Å². The van der Waals surface area contributed by atoms with Gasteiger partial charge in [0.25, 0.3) is 0 Å². The highest BCUT2D eigenvalue weighted by Gasteiger charge is 2.40. The molecule has 1 aliphatic rings. The Hall–Kier alpha value is -1.68. The highest BCUT2D eigenvalue weighted by atomic mass is 35.5. The Morgan fingerprint density at radius 2 is 1.95 bits per heavy atom. The predicted octanol–water partition coefficient (Wildman–Crippen LogP) is 4.17. The van der Waals surface area contributed by atoms with Crippen molar-refractivity contribution in [1.82, 2.24) is 0 Å². The van der Waals surface area contributed by atoms with Crippen LogP contribution in [-0.4, -0.2) is 18.3 Å². The number of rotatable bonds is 2. The molecule has 0 radical (unpaired) electrons. The van der Waals surface area contributed by atoms with Gasteiger partial charge in [-0.05, 0) is 53.5 Å². The van der Waals surface area contributed by atoms with Crippen molar-refractivity contribution in [1.29, 1.82) is 0 Å².